The SMILES string of the molecule is Cc1cccc(NC(=O)c2cc(Br)c(Br)s2)c1. The highest BCUT2D eigenvalue weighted by Crippen LogP contribution is 2.32. The molecule has 17 heavy (non-hydrogen) atoms. The molecule has 0 atom stereocenters. The third-order valence-electron chi connectivity index (χ3n) is 2.14. The third-order valence-corrected chi connectivity index (χ3v) is 5.40. The van der Waals surface area contributed by atoms with Crippen LogP contribution in [0.2, 0.25) is 0 Å². The topological polar surface area (TPSA) is 29.1 Å². The van der Waals surface area contributed by atoms with Gasteiger partial charge in [-0.2, -0.15) is 0 Å². The number of thiophene rings is 1. The first kappa shape index (κ1) is 12.8. The molecule has 1 aromatic heterocycles. The van der Waals surface area contributed by atoms with Crippen molar-refractivity contribution in [3.8, 4) is 0 Å². The van der Waals surface area contributed by atoms with Gasteiger partial charge in [0.2, 0.25) is 0 Å². The van der Waals surface area contributed by atoms with Crippen molar-refractivity contribution in [2.75, 3.05) is 5.32 Å². The van der Waals surface area contributed by atoms with Crippen LogP contribution in [0.25, 0.3) is 0 Å². The molecule has 2 rings (SSSR count). The van der Waals surface area contributed by atoms with Gasteiger partial charge < -0.3 is 5.32 Å². The number of rotatable bonds is 2. The molecule has 0 saturated carbocycles. The van der Waals surface area contributed by atoms with E-state index in [1.165, 1.54) is 11.3 Å². The molecular weight excluding hydrogens is 366 g/mol. The molecule has 5 heteroatoms. The minimum absolute atomic E-state index is 0.0907. The van der Waals surface area contributed by atoms with Crippen LogP contribution < -0.4 is 5.32 Å². The van der Waals surface area contributed by atoms with Crippen molar-refractivity contribution in [2.24, 2.45) is 0 Å². The Balaban J connectivity index is 2.17. The Hall–Kier alpha value is -0.650. The minimum atomic E-state index is -0.0907. The summed E-state index contributed by atoms with van der Waals surface area (Å²) in [5.74, 6) is -0.0907. The smallest absolute Gasteiger partial charge is 0.265 e. The molecule has 0 fully saturated rings. The third kappa shape index (κ3) is 3.18. The van der Waals surface area contributed by atoms with E-state index in [-0.39, 0.29) is 5.91 Å². The first-order chi connectivity index (χ1) is 8.06. The van der Waals surface area contributed by atoms with Crippen LogP contribution >= 0.6 is 43.2 Å². The number of carbonyl (C=O) groups excluding carboxylic acids is 1. The second kappa shape index (κ2) is 5.33. The predicted molar refractivity (Wildman–Crippen MR) is 78.9 cm³/mol. The average molecular weight is 375 g/mol. The van der Waals surface area contributed by atoms with Crippen LogP contribution in [0.15, 0.2) is 38.6 Å². The van der Waals surface area contributed by atoms with E-state index < -0.39 is 0 Å². The standard InChI is InChI=1S/C12H9Br2NOS/c1-7-3-2-4-8(5-7)15-12(16)10-6-9(13)11(14)17-10/h2-6H,1H3,(H,15,16). The highest BCUT2D eigenvalue weighted by Gasteiger charge is 2.12. The fourth-order valence-electron chi connectivity index (χ4n) is 1.37. The summed E-state index contributed by atoms with van der Waals surface area (Å²) in [5, 5.41) is 2.87. The van der Waals surface area contributed by atoms with Gasteiger partial charge in [0.15, 0.2) is 0 Å². The summed E-state index contributed by atoms with van der Waals surface area (Å²) in [6.07, 6.45) is 0. The molecule has 0 saturated heterocycles. The Morgan fingerprint density at radius 1 is 1.29 bits per heavy atom. The van der Waals surface area contributed by atoms with E-state index >= 15 is 0 Å². The number of anilines is 1. The lowest BCUT2D eigenvalue weighted by Crippen LogP contribution is -2.09. The number of aryl methyl sites for hydroxylation is 1. The number of carbonyl (C=O) groups is 1. The Labute approximate surface area is 120 Å². The molecule has 1 heterocycles. The molecule has 0 unspecified atom stereocenters. The van der Waals surface area contributed by atoms with Crippen LogP contribution in [-0.4, -0.2) is 5.91 Å². The van der Waals surface area contributed by atoms with Crippen molar-refractivity contribution in [1.82, 2.24) is 0 Å². The van der Waals surface area contributed by atoms with E-state index in [1.807, 2.05) is 31.2 Å². The Morgan fingerprint density at radius 3 is 2.65 bits per heavy atom. The van der Waals surface area contributed by atoms with Crippen LogP contribution in [0.3, 0.4) is 0 Å². The second-order valence-corrected chi connectivity index (χ2v) is 6.78. The highest BCUT2D eigenvalue weighted by atomic mass is 79.9. The molecule has 0 aliphatic carbocycles. The van der Waals surface area contributed by atoms with Crippen LogP contribution in [0, 0.1) is 6.92 Å². The summed E-state index contributed by atoms with van der Waals surface area (Å²) in [5.41, 5.74) is 1.94. The molecule has 1 N–H and O–H groups in total. The maximum Gasteiger partial charge on any atom is 0.265 e. The van der Waals surface area contributed by atoms with Gasteiger partial charge in [-0.15, -0.1) is 11.3 Å². The summed E-state index contributed by atoms with van der Waals surface area (Å²) in [6.45, 7) is 1.99. The van der Waals surface area contributed by atoms with Gasteiger partial charge in [-0.3, -0.25) is 4.79 Å². The Bertz CT molecular complexity index is 546. The Morgan fingerprint density at radius 2 is 2.06 bits per heavy atom. The molecule has 1 amide bonds. The second-order valence-electron chi connectivity index (χ2n) is 3.56. The average Bonchev–Trinajstić information content (AvgIpc) is 2.59. The summed E-state index contributed by atoms with van der Waals surface area (Å²) in [7, 11) is 0. The van der Waals surface area contributed by atoms with Gasteiger partial charge in [0, 0.05) is 10.2 Å². The van der Waals surface area contributed by atoms with Gasteiger partial charge in [0.25, 0.3) is 5.91 Å². The fraction of sp³-hybridized carbons (Fsp3) is 0.0833. The van der Waals surface area contributed by atoms with Gasteiger partial charge in [-0.1, -0.05) is 12.1 Å². The number of halogens is 2. The monoisotopic (exact) mass is 373 g/mol. The van der Waals surface area contributed by atoms with E-state index in [1.54, 1.807) is 6.07 Å². The van der Waals surface area contributed by atoms with Crippen molar-refractivity contribution in [3.05, 3.63) is 49.0 Å². The van der Waals surface area contributed by atoms with Crippen molar-refractivity contribution in [2.45, 2.75) is 6.92 Å². The predicted octanol–water partition coefficient (Wildman–Crippen LogP) is 4.83. The van der Waals surface area contributed by atoms with Gasteiger partial charge in [0.05, 0.1) is 8.66 Å². The van der Waals surface area contributed by atoms with E-state index in [2.05, 4.69) is 37.2 Å². The molecular formula is C12H9Br2NOS. The van der Waals surface area contributed by atoms with Crippen LogP contribution in [0.5, 0.6) is 0 Å². The number of nitrogens with one attached hydrogen (secondary N) is 1. The Kier molecular flexibility index (Phi) is 4.01. The van der Waals surface area contributed by atoms with Crippen LogP contribution in [-0.2, 0) is 0 Å². The molecule has 0 spiro atoms. The maximum atomic E-state index is 11.9. The summed E-state index contributed by atoms with van der Waals surface area (Å²) < 4.78 is 1.82. The highest BCUT2D eigenvalue weighted by molar-refractivity contribution is 9.13. The van der Waals surface area contributed by atoms with E-state index in [0.717, 1.165) is 19.5 Å². The molecule has 0 aliphatic rings. The van der Waals surface area contributed by atoms with Crippen molar-refractivity contribution in [1.29, 1.82) is 0 Å². The van der Waals surface area contributed by atoms with E-state index in [4.69, 9.17) is 0 Å². The van der Waals surface area contributed by atoms with E-state index in [9.17, 15) is 4.79 Å². The molecule has 2 nitrogen and oxygen atoms in total. The number of hydrogen-bond acceptors (Lipinski definition) is 2. The lowest BCUT2D eigenvalue weighted by atomic mass is 10.2. The quantitative estimate of drug-likeness (QED) is 0.800. The number of hydrogen-bond donors (Lipinski definition) is 1. The normalized spacial score (nSPS) is 10.3. The molecule has 2 aromatic rings. The minimum Gasteiger partial charge on any atom is -0.321 e. The maximum absolute atomic E-state index is 11.9. The molecule has 88 valence electrons. The summed E-state index contributed by atoms with van der Waals surface area (Å²) in [4.78, 5) is 12.6. The summed E-state index contributed by atoms with van der Waals surface area (Å²) >= 11 is 8.14. The molecule has 0 aliphatic heterocycles. The summed E-state index contributed by atoms with van der Waals surface area (Å²) in [6, 6.07) is 9.54. The zero-order valence-electron chi connectivity index (χ0n) is 8.96. The molecule has 1 aromatic carbocycles. The molecule has 0 bridgehead atoms. The van der Waals surface area contributed by atoms with Gasteiger partial charge in [-0.05, 0) is 62.5 Å². The molecule has 0 radical (unpaired) electrons. The van der Waals surface area contributed by atoms with Gasteiger partial charge in [-0.25, -0.2) is 0 Å². The zero-order valence-corrected chi connectivity index (χ0v) is 12.9. The first-order valence-corrected chi connectivity index (χ1v) is 7.29. The first-order valence-electron chi connectivity index (χ1n) is 4.89. The zero-order chi connectivity index (χ0) is 12.4. The van der Waals surface area contributed by atoms with Crippen molar-refractivity contribution < 1.29 is 4.79 Å². The largest absolute Gasteiger partial charge is 0.321 e. The number of benzene rings is 1. The van der Waals surface area contributed by atoms with Gasteiger partial charge >= 0.3 is 0 Å². The van der Waals surface area contributed by atoms with Crippen LogP contribution in [0.4, 0.5) is 5.69 Å². The van der Waals surface area contributed by atoms with E-state index in [0.29, 0.717) is 4.88 Å². The lowest BCUT2D eigenvalue weighted by Gasteiger charge is -2.03. The fourth-order valence-corrected chi connectivity index (χ4v) is 3.30. The van der Waals surface area contributed by atoms with Crippen LogP contribution in [0.1, 0.15) is 15.2 Å². The lowest BCUT2D eigenvalue weighted by molar-refractivity contribution is 0.103. The van der Waals surface area contributed by atoms with Crippen molar-refractivity contribution >= 4 is 54.8 Å². The number of amides is 1. The van der Waals surface area contributed by atoms with Gasteiger partial charge in [0.1, 0.15) is 0 Å². The van der Waals surface area contributed by atoms with Crippen molar-refractivity contribution in [3.63, 3.8) is 0 Å².